The number of halogens is 2. The molecule has 0 radical (unpaired) electrons. The van der Waals surface area contributed by atoms with E-state index in [1.165, 1.54) is 0 Å². The van der Waals surface area contributed by atoms with Gasteiger partial charge in [-0.25, -0.2) is 0 Å². The number of aromatic hydroxyl groups is 1. The molecule has 0 aliphatic heterocycles. The number of phenols is 1. The van der Waals surface area contributed by atoms with Gasteiger partial charge in [0.2, 0.25) is 0 Å². The summed E-state index contributed by atoms with van der Waals surface area (Å²) in [4.78, 5) is 0. The van der Waals surface area contributed by atoms with Crippen LogP contribution in [0.2, 0.25) is 0 Å². The van der Waals surface area contributed by atoms with Gasteiger partial charge in [-0.15, -0.1) is 0 Å². The predicted octanol–water partition coefficient (Wildman–Crippen LogP) is 3.16. The Morgan fingerprint density at radius 3 is 2.48 bits per heavy atom. The Kier molecular flexibility index (Phi) is 4.32. The molecule has 4 N–H and O–H groups in total. The van der Waals surface area contributed by atoms with Crippen molar-refractivity contribution in [2.75, 3.05) is 5.73 Å². The van der Waals surface area contributed by atoms with E-state index < -0.39 is 0 Å². The van der Waals surface area contributed by atoms with Crippen LogP contribution in [0.15, 0.2) is 21.1 Å². The molecule has 0 bridgehead atoms. The molecule has 6 nitrogen and oxygen atoms in total. The second-order valence-electron chi connectivity index (χ2n) is 3.97. The fraction of sp³-hybridized carbons (Fsp3) is 0. The van der Waals surface area contributed by atoms with Gasteiger partial charge in [0.05, 0.1) is 20.2 Å². The number of hydrogen-bond acceptors (Lipinski definition) is 5. The molecule has 21 heavy (non-hydrogen) atoms. The first kappa shape index (κ1) is 15.1. The van der Waals surface area contributed by atoms with Crippen LogP contribution in [0.4, 0.5) is 5.82 Å². The van der Waals surface area contributed by atoms with E-state index in [0.29, 0.717) is 14.5 Å². The van der Waals surface area contributed by atoms with Crippen LogP contribution in [0.1, 0.15) is 16.8 Å². The van der Waals surface area contributed by atoms with Crippen LogP contribution in [-0.4, -0.2) is 15.3 Å². The fourth-order valence-corrected chi connectivity index (χ4v) is 2.88. The lowest BCUT2D eigenvalue weighted by atomic mass is 10.1. The number of nitrogens with one attached hydrogen (secondary N) is 1. The third-order valence-electron chi connectivity index (χ3n) is 2.65. The molecule has 0 saturated carbocycles. The number of benzene rings is 1. The Morgan fingerprint density at radius 2 is 1.95 bits per heavy atom. The molecule has 0 spiro atoms. The monoisotopic (exact) mass is 407 g/mol. The summed E-state index contributed by atoms with van der Waals surface area (Å²) in [5.41, 5.74) is 6.80. The molecule has 0 fully saturated rings. The number of nitrogen functional groups attached to an aromatic ring is 1. The molecule has 0 unspecified atom stereocenters. The second-order valence-corrected chi connectivity index (χ2v) is 5.68. The average molecular weight is 409 g/mol. The Bertz CT molecular complexity index is 803. The molecule has 2 aromatic rings. The van der Waals surface area contributed by atoms with Crippen molar-refractivity contribution in [2.24, 2.45) is 0 Å². The number of hydrogen-bond donors (Lipinski definition) is 3. The molecular weight excluding hydrogens is 402 g/mol. The molecule has 1 aromatic carbocycles. The quantitative estimate of drug-likeness (QED) is 0.658. The van der Waals surface area contributed by atoms with Crippen LogP contribution in [0.3, 0.4) is 0 Å². The van der Waals surface area contributed by atoms with Gasteiger partial charge in [-0.3, -0.25) is 5.10 Å². The predicted molar refractivity (Wildman–Crippen MR) is 84.7 cm³/mol. The summed E-state index contributed by atoms with van der Waals surface area (Å²) in [7, 11) is 0. The molecule has 1 heterocycles. The molecule has 0 atom stereocenters. The van der Waals surface area contributed by atoms with Gasteiger partial charge in [-0.05, 0) is 55.6 Å². The molecule has 0 saturated heterocycles. The maximum atomic E-state index is 9.67. The van der Waals surface area contributed by atoms with Crippen molar-refractivity contribution >= 4 is 49.3 Å². The maximum absolute atomic E-state index is 9.67. The minimum Gasteiger partial charge on any atom is -0.506 e. The summed E-state index contributed by atoms with van der Waals surface area (Å²) >= 11 is 6.43. The van der Waals surface area contributed by atoms with Crippen molar-refractivity contribution in [3.05, 3.63) is 37.9 Å². The van der Waals surface area contributed by atoms with Crippen LogP contribution in [0, 0.1) is 22.7 Å². The van der Waals surface area contributed by atoms with Crippen LogP contribution in [-0.2, 0) is 0 Å². The Labute approximate surface area is 136 Å². The van der Waals surface area contributed by atoms with E-state index in [1.54, 1.807) is 18.2 Å². The summed E-state index contributed by atoms with van der Waals surface area (Å²) in [6.07, 6.45) is 1.56. The first-order chi connectivity index (χ1) is 9.97. The van der Waals surface area contributed by atoms with Gasteiger partial charge in [0.1, 0.15) is 23.5 Å². The normalized spacial score (nSPS) is 11.0. The number of rotatable bonds is 2. The zero-order valence-corrected chi connectivity index (χ0v) is 13.5. The molecular formula is C13H7Br2N5O. The van der Waals surface area contributed by atoms with Gasteiger partial charge in [0.15, 0.2) is 5.82 Å². The molecule has 8 heteroatoms. The van der Waals surface area contributed by atoms with E-state index in [-0.39, 0.29) is 28.4 Å². The summed E-state index contributed by atoms with van der Waals surface area (Å²) in [5, 5.41) is 34.3. The van der Waals surface area contributed by atoms with E-state index >= 15 is 0 Å². The van der Waals surface area contributed by atoms with Crippen LogP contribution >= 0.6 is 31.9 Å². The topological polar surface area (TPSA) is 123 Å². The number of anilines is 1. The number of allylic oxidation sites excluding steroid dienone is 1. The lowest BCUT2D eigenvalue weighted by molar-refractivity contribution is 0.468. The van der Waals surface area contributed by atoms with E-state index in [2.05, 4.69) is 42.1 Å². The highest BCUT2D eigenvalue weighted by atomic mass is 79.9. The first-order valence-electron chi connectivity index (χ1n) is 5.52. The summed E-state index contributed by atoms with van der Waals surface area (Å²) in [6.45, 7) is 0. The minimum atomic E-state index is 0.0433. The molecule has 2 rings (SSSR count). The van der Waals surface area contributed by atoms with Crippen molar-refractivity contribution < 1.29 is 5.11 Å². The molecule has 1 aromatic heterocycles. The highest BCUT2D eigenvalue weighted by Crippen LogP contribution is 2.34. The van der Waals surface area contributed by atoms with Gasteiger partial charge in [-0.1, -0.05) is 0 Å². The second kappa shape index (κ2) is 6.00. The number of H-pyrrole nitrogens is 1. The molecule has 104 valence electrons. The Balaban J connectivity index is 2.57. The van der Waals surface area contributed by atoms with Gasteiger partial charge >= 0.3 is 0 Å². The van der Waals surface area contributed by atoms with Crippen molar-refractivity contribution in [3.8, 4) is 17.9 Å². The zero-order valence-electron chi connectivity index (χ0n) is 10.4. The Morgan fingerprint density at radius 1 is 1.33 bits per heavy atom. The van der Waals surface area contributed by atoms with E-state index in [4.69, 9.17) is 11.0 Å². The van der Waals surface area contributed by atoms with Gasteiger partial charge in [0.25, 0.3) is 0 Å². The zero-order chi connectivity index (χ0) is 15.6. The lowest BCUT2D eigenvalue weighted by Crippen LogP contribution is -1.90. The highest BCUT2D eigenvalue weighted by Gasteiger charge is 2.15. The Hall–Kier alpha value is -2.29. The lowest BCUT2D eigenvalue weighted by Gasteiger charge is -2.03. The standard InChI is InChI=1S/C13H7Br2N5O/c14-9-2-6(3-10(15)12(9)21)1-7(4-16)11-8(5-17)13(18)20-19-11/h1-3,21H,(H3,18,19,20)/b7-1+. The van der Waals surface area contributed by atoms with E-state index in [1.807, 2.05) is 12.1 Å². The number of phenolic OH excluding ortho intramolecular Hbond substituents is 1. The maximum Gasteiger partial charge on any atom is 0.163 e. The summed E-state index contributed by atoms with van der Waals surface area (Å²) in [5.74, 6) is 0.107. The van der Waals surface area contributed by atoms with Gasteiger partial charge < -0.3 is 10.8 Å². The van der Waals surface area contributed by atoms with Gasteiger partial charge in [-0.2, -0.15) is 15.6 Å². The summed E-state index contributed by atoms with van der Waals surface area (Å²) < 4.78 is 0.954. The van der Waals surface area contributed by atoms with Crippen molar-refractivity contribution in [1.29, 1.82) is 10.5 Å². The molecule has 0 aliphatic rings. The number of nitriles is 2. The van der Waals surface area contributed by atoms with Crippen LogP contribution in [0.5, 0.6) is 5.75 Å². The van der Waals surface area contributed by atoms with Crippen molar-refractivity contribution in [1.82, 2.24) is 10.2 Å². The fourth-order valence-electron chi connectivity index (χ4n) is 1.66. The first-order valence-corrected chi connectivity index (χ1v) is 7.10. The number of aromatic amines is 1. The highest BCUT2D eigenvalue weighted by molar-refractivity contribution is 9.11. The molecule has 0 aliphatic carbocycles. The van der Waals surface area contributed by atoms with E-state index in [9.17, 15) is 10.4 Å². The third-order valence-corrected chi connectivity index (χ3v) is 3.86. The van der Waals surface area contributed by atoms with Crippen LogP contribution < -0.4 is 5.73 Å². The SMILES string of the molecule is N#C/C(=C\c1cc(Br)c(O)c(Br)c1)c1[nH]nc(N)c1C#N. The average Bonchev–Trinajstić information content (AvgIpc) is 2.82. The largest absolute Gasteiger partial charge is 0.506 e. The van der Waals surface area contributed by atoms with Crippen molar-refractivity contribution in [3.63, 3.8) is 0 Å². The van der Waals surface area contributed by atoms with Crippen molar-refractivity contribution in [2.45, 2.75) is 0 Å². The molecule has 0 amide bonds. The number of nitrogens with two attached hydrogens (primary N) is 1. The van der Waals surface area contributed by atoms with E-state index in [0.717, 1.165) is 0 Å². The number of nitrogens with zero attached hydrogens (tertiary/aromatic N) is 3. The van der Waals surface area contributed by atoms with Gasteiger partial charge in [0, 0.05) is 0 Å². The summed E-state index contributed by atoms with van der Waals surface area (Å²) in [6, 6.07) is 7.19. The van der Waals surface area contributed by atoms with Crippen LogP contribution in [0.25, 0.3) is 11.6 Å². The number of aromatic nitrogens is 2. The third kappa shape index (κ3) is 2.92. The minimum absolute atomic E-state index is 0.0433. The smallest absolute Gasteiger partial charge is 0.163 e.